The number of aromatic amines is 1. The lowest BCUT2D eigenvalue weighted by Gasteiger charge is -2.20. The molecule has 4 rings (SSSR count). The number of nitrogens with zero attached hydrogens (tertiary/aromatic N) is 2. The molecular formula is C23H25N3O3S. The maximum atomic E-state index is 13.3. The lowest BCUT2D eigenvalue weighted by Crippen LogP contribution is -2.27. The summed E-state index contributed by atoms with van der Waals surface area (Å²) in [7, 11) is -2.10. The molecule has 7 heteroatoms. The highest BCUT2D eigenvalue weighted by Gasteiger charge is 2.25. The molecular weight excluding hydrogens is 398 g/mol. The van der Waals surface area contributed by atoms with E-state index in [4.69, 9.17) is 0 Å². The molecule has 0 amide bonds. The van der Waals surface area contributed by atoms with Crippen LogP contribution in [0, 0.1) is 6.92 Å². The first-order valence-electron chi connectivity index (χ1n) is 10.1. The van der Waals surface area contributed by atoms with Crippen LogP contribution in [0.4, 0.5) is 0 Å². The minimum atomic E-state index is -3.69. The Morgan fingerprint density at radius 1 is 1.03 bits per heavy atom. The van der Waals surface area contributed by atoms with Crippen molar-refractivity contribution < 1.29 is 8.42 Å². The fraction of sp³-hybridized carbons (Fsp3) is 0.304. The first-order valence-corrected chi connectivity index (χ1v) is 11.5. The van der Waals surface area contributed by atoms with E-state index in [-0.39, 0.29) is 10.5 Å². The summed E-state index contributed by atoms with van der Waals surface area (Å²) in [6, 6.07) is 14.9. The first-order chi connectivity index (χ1) is 14.4. The molecule has 1 aliphatic carbocycles. The largest absolute Gasteiger partial charge is 0.268 e. The van der Waals surface area contributed by atoms with Crippen LogP contribution in [0.15, 0.2) is 58.2 Å². The summed E-state index contributed by atoms with van der Waals surface area (Å²) in [6.45, 7) is 2.09. The second-order valence-corrected chi connectivity index (χ2v) is 9.81. The molecule has 0 atom stereocenters. The van der Waals surface area contributed by atoms with Gasteiger partial charge in [0.2, 0.25) is 10.0 Å². The fourth-order valence-electron chi connectivity index (χ4n) is 4.02. The maximum absolute atomic E-state index is 13.3. The molecule has 0 fully saturated rings. The van der Waals surface area contributed by atoms with Crippen LogP contribution in [0.3, 0.4) is 0 Å². The minimum Gasteiger partial charge on any atom is -0.268 e. The van der Waals surface area contributed by atoms with E-state index in [9.17, 15) is 13.2 Å². The number of hydrogen-bond donors (Lipinski definition) is 1. The van der Waals surface area contributed by atoms with E-state index in [1.165, 1.54) is 4.31 Å². The summed E-state index contributed by atoms with van der Waals surface area (Å²) in [5, 5.41) is 6.87. The number of benzene rings is 2. The molecule has 0 radical (unpaired) electrons. The van der Waals surface area contributed by atoms with Gasteiger partial charge in [-0.25, -0.2) is 13.5 Å². The summed E-state index contributed by atoms with van der Waals surface area (Å²) >= 11 is 0. The molecule has 0 aliphatic heterocycles. The Balaban J connectivity index is 1.75. The second kappa shape index (κ2) is 8.16. The van der Waals surface area contributed by atoms with Crippen LogP contribution in [0.25, 0.3) is 11.3 Å². The Hall–Kier alpha value is -2.77. The minimum absolute atomic E-state index is 0.143. The van der Waals surface area contributed by atoms with Gasteiger partial charge in [0.25, 0.3) is 5.56 Å². The highest BCUT2D eigenvalue weighted by atomic mass is 32.2. The molecule has 0 bridgehead atoms. The maximum Gasteiger partial charge on any atom is 0.267 e. The quantitative estimate of drug-likeness (QED) is 0.681. The highest BCUT2D eigenvalue weighted by Crippen LogP contribution is 2.31. The SMILES string of the molecule is Cc1ccc(-c2n[nH]c(=O)c3c2CCCC3)cc1S(=O)(=O)N(C)Cc1ccccc1. The number of fused-ring (bicyclic) bond motifs is 1. The van der Waals surface area contributed by atoms with Crippen molar-refractivity contribution >= 4 is 10.0 Å². The van der Waals surface area contributed by atoms with Gasteiger partial charge in [-0.2, -0.15) is 9.40 Å². The summed E-state index contributed by atoms with van der Waals surface area (Å²) in [6.07, 6.45) is 3.50. The van der Waals surface area contributed by atoms with E-state index in [1.54, 1.807) is 26.1 Å². The molecule has 0 unspecified atom stereocenters. The Morgan fingerprint density at radius 3 is 2.47 bits per heavy atom. The molecule has 30 heavy (non-hydrogen) atoms. The van der Waals surface area contributed by atoms with Crippen molar-refractivity contribution in [1.82, 2.24) is 14.5 Å². The van der Waals surface area contributed by atoms with Crippen molar-refractivity contribution in [3.05, 3.63) is 81.1 Å². The summed E-state index contributed by atoms with van der Waals surface area (Å²) in [4.78, 5) is 12.4. The van der Waals surface area contributed by atoms with Gasteiger partial charge in [0.05, 0.1) is 10.6 Å². The van der Waals surface area contributed by atoms with Crippen molar-refractivity contribution in [1.29, 1.82) is 0 Å². The molecule has 1 aliphatic rings. The van der Waals surface area contributed by atoms with Crippen LogP contribution >= 0.6 is 0 Å². The van der Waals surface area contributed by atoms with Crippen LogP contribution in [0.2, 0.25) is 0 Å². The predicted molar refractivity (Wildman–Crippen MR) is 117 cm³/mol. The Bertz CT molecular complexity index is 1230. The van der Waals surface area contributed by atoms with E-state index >= 15 is 0 Å². The van der Waals surface area contributed by atoms with Crippen molar-refractivity contribution in [3.63, 3.8) is 0 Å². The molecule has 156 valence electrons. The van der Waals surface area contributed by atoms with Crippen LogP contribution in [0.1, 0.15) is 35.1 Å². The number of aromatic nitrogens is 2. The molecule has 0 spiro atoms. The van der Waals surface area contributed by atoms with Crippen molar-refractivity contribution in [2.24, 2.45) is 0 Å². The summed E-state index contributed by atoms with van der Waals surface area (Å²) < 4.78 is 28.0. The molecule has 0 saturated carbocycles. The van der Waals surface area contributed by atoms with Gasteiger partial charge in [-0.3, -0.25) is 4.79 Å². The van der Waals surface area contributed by atoms with Crippen LogP contribution < -0.4 is 5.56 Å². The third-order valence-electron chi connectivity index (χ3n) is 5.69. The van der Waals surface area contributed by atoms with Gasteiger partial charge in [-0.1, -0.05) is 42.5 Å². The van der Waals surface area contributed by atoms with Gasteiger partial charge in [0, 0.05) is 24.7 Å². The molecule has 2 aromatic carbocycles. The fourth-order valence-corrected chi connectivity index (χ4v) is 5.42. The van der Waals surface area contributed by atoms with E-state index < -0.39 is 10.0 Å². The van der Waals surface area contributed by atoms with Gasteiger partial charge < -0.3 is 0 Å². The first kappa shape index (κ1) is 20.5. The average Bonchev–Trinajstić information content (AvgIpc) is 2.75. The van der Waals surface area contributed by atoms with Crippen LogP contribution in [-0.2, 0) is 29.4 Å². The third kappa shape index (κ3) is 3.82. The summed E-state index contributed by atoms with van der Waals surface area (Å²) in [5.74, 6) is 0. The zero-order valence-corrected chi connectivity index (χ0v) is 18.0. The van der Waals surface area contributed by atoms with Crippen molar-refractivity contribution in [2.45, 2.75) is 44.0 Å². The van der Waals surface area contributed by atoms with Gasteiger partial charge >= 0.3 is 0 Å². The highest BCUT2D eigenvalue weighted by molar-refractivity contribution is 7.89. The number of H-pyrrole nitrogens is 1. The number of sulfonamides is 1. The topological polar surface area (TPSA) is 83.1 Å². The predicted octanol–water partition coefficient (Wildman–Crippen LogP) is 3.44. The van der Waals surface area contributed by atoms with Gasteiger partial charge in [0.15, 0.2) is 0 Å². The van der Waals surface area contributed by atoms with E-state index in [2.05, 4.69) is 10.2 Å². The molecule has 6 nitrogen and oxygen atoms in total. The number of rotatable bonds is 5. The average molecular weight is 424 g/mol. The number of hydrogen-bond acceptors (Lipinski definition) is 4. The van der Waals surface area contributed by atoms with Crippen molar-refractivity contribution in [2.75, 3.05) is 7.05 Å². The zero-order valence-electron chi connectivity index (χ0n) is 17.2. The Kier molecular flexibility index (Phi) is 5.58. The standard InChI is InChI=1S/C23H25N3O3S/c1-16-12-13-18(22-19-10-6-7-11-20(19)23(27)25-24-22)14-21(16)30(28,29)26(2)15-17-8-4-3-5-9-17/h3-5,8-9,12-14H,6-7,10-11,15H2,1-2H3,(H,25,27). The van der Waals surface area contributed by atoms with Gasteiger partial charge in [-0.05, 0) is 55.4 Å². The van der Waals surface area contributed by atoms with Crippen LogP contribution in [0.5, 0.6) is 0 Å². The molecule has 1 aromatic heterocycles. The van der Waals surface area contributed by atoms with E-state index in [1.807, 2.05) is 36.4 Å². The lowest BCUT2D eigenvalue weighted by atomic mass is 9.90. The van der Waals surface area contributed by atoms with E-state index in [0.29, 0.717) is 23.4 Å². The third-order valence-corrected chi connectivity index (χ3v) is 7.64. The zero-order chi connectivity index (χ0) is 21.3. The molecule has 3 aromatic rings. The number of nitrogens with one attached hydrogen (secondary N) is 1. The normalized spacial score (nSPS) is 14.0. The van der Waals surface area contributed by atoms with Crippen molar-refractivity contribution in [3.8, 4) is 11.3 Å². The van der Waals surface area contributed by atoms with Gasteiger partial charge in [0.1, 0.15) is 0 Å². The Labute approximate surface area is 176 Å². The molecule has 1 N–H and O–H groups in total. The van der Waals surface area contributed by atoms with E-state index in [0.717, 1.165) is 42.4 Å². The van der Waals surface area contributed by atoms with Crippen LogP contribution in [-0.4, -0.2) is 30.0 Å². The Morgan fingerprint density at radius 2 is 1.73 bits per heavy atom. The monoisotopic (exact) mass is 423 g/mol. The smallest absolute Gasteiger partial charge is 0.267 e. The molecule has 0 saturated heterocycles. The second-order valence-electron chi connectivity index (χ2n) is 7.79. The molecule has 1 heterocycles. The lowest BCUT2D eigenvalue weighted by molar-refractivity contribution is 0.466. The van der Waals surface area contributed by atoms with Gasteiger partial charge in [-0.15, -0.1) is 0 Å². The number of aryl methyl sites for hydroxylation is 1. The summed E-state index contributed by atoms with van der Waals surface area (Å²) in [5.41, 5.74) is 4.56.